The normalized spacial score (nSPS) is 19.7. The minimum Gasteiger partial charge on any atom is -0.543 e. The summed E-state index contributed by atoms with van der Waals surface area (Å²) in [7, 11) is 2.82. The predicted molar refractivity (Wildman–Crippen MR) is 123 cm³/mol. The van der Waals surface area contributed by atoms with Crippen LogP contribution in [0.25, 0.3) is 0 Å². The van der Waals surface area contributed by atoms with Crippen molar-refractivity contribution in [3.63, 3.8) is 0 Å². The number of fused-ring (bicyclic) bond motifs is 1. The molecule has 1 unspecified atom stereocenters. The van der Waals surface area contributed by atoms with Gasteiger partial charge in [0.05, 0.1) is 24.3 Å². The maximum Gasteiger partial charge on any atom is 0.278 e. The summed E-state index contributed by atoms with van der Waals surface area (Å²) in [5.41, 5.74) is 6.52. The number of amides is 2. The van der Waals surface area contributed by atoms with Gasteiger partial charge in [0.1, 0.15) is 24.3 Å². The lowest BCUT2D eigenvalue weighted by Crippen LogP contribution is -2.71. The number of nitrogens with one attached hydrogen (secondary N) is 1. The second-order valence-corrected chi connectivity index (χ2v) is 9.44. The molecule has 184 valence electrons. The summed E-state index contributed by atoms with van der Waals surface area (Å²) < 4.78 is 11.0. The molecule has 0 spiro atoms. The first-order valence-electron chi connectivity index (χ1n) is 10.2. The fourth-order valence-electron chi connectivity index (χ4n) is 3.81. The van der Waals surface area contributed by atoms with Gasteiger partial charge in [-0.25, -0.2) is 4.57 Å². The van der Waals surface area contributed by atoms with Gasteiger partial charge < -0.3 is 30.5 Å². The first-order chi connectivity index (χ1) is 16.7. The summed E-state index contributed by atoms with van der Waals surface area (Å²) in [6, 6.07) is 0.801. The highest BCUT2D eigenvalue weighted by molar-refractivity contribution is 8.00. The van der Waals surface area contributed by atoms with E-state index in [-0.39, 0.29) is 28.9 Å². The minimum atomic E-state index is -1.46. The number of pyridine rings is 1. The molecule has 0 bridgehead atoms. The number of carbonyl (C=O) groups excluding carboxylic acids is 3. The smallest absolute Gasteiger partial charge is 0.278 e. The Morgan fingerprint density at radius 1 is 1.43 bits per heavy atom. The number of carbonyl (C=O) groups is 3. The second-order valence-electron chi connectivity index (χ2n) is 7.55. The summed E-state index contributed by atoms with van der Waals surface area (Å²) >= 11 is 2.21. The van der Waals surface area contributed by atoms with Crippen LogP contribution in [0.3, 0.4) is 0 Å². The van der Waals surface area contributed by atoms with Gasteiger partial charge >= 0.3 is 0 Å². The molecule has 2 aliphatic rings. The van der Waals surface area contributed by atoms with Gasteiger partial charge in [-0.1, -0.05) is 5.16 Å². The number of oxime groups is 1. The first kappa shape index (κ1) is 24.4. The summed E-state index contributed by atoms with van der Waals surface area (Å²) in [4.78, 5) is 47.5. The number of β-lactam (4-membered cyclic amide) rings is 1. The molecule has 2 aromatic heterocycles. The predicted octanol–water partition coefficient (Wildman–Crippen LogP) is -1.82. The van der Waals surface area contributed by atoms with E-state index in [0.717, 1.165) is 22.0 Å². The SMILES string of the molecule is CON=C(C(=O)NC1C(=O)N2C(C(=O)[O-])=C(C[n+]3ccc(OC)c(C)c3)CS[C@H]12)c1nsc(N)n1. The molecule has 2 aliphatic heterocycles. The van der Waals surface area contributed by atoms with Crippen molar-refractivity contribution in [3.05, 3.63) is 41.1 Å². The number of thioether (sulfide) groups is 1. The van der Waals surface area contributed by atoms with Gasteiger partial charge in [0, 0.05) is 28.9 Å². The van der Waals surface area contributed by atoms with Crippen LogP contribution in [0.4, 0.5) is 5.13 Å². The Hall–Kier alpha value is -3.72. The standard InChI is InChI=1S/C20H21N7O6S2/c1-9-6-26(5-4-11(9)32-2)7-10-8-34-18-13(17(29)27(18)14(10)19(30)31)22-16(28)12(24-33-3)15-23-20(21)35-25-15/h4-6,13,18H,7-8H2,1-3H3,(H3-,21,22,23,25,28,30,31)/t13?,18-/m1/s1. The van der Waals surface area contributed by atoms with E-state index in [1.807, 2.05) is 13.1 Å². The van der Waals surface area contributed by atoms with Gasteiger partial charge in [-0.15, -0.1) is 11.8 Å². The molecular weight excluding hydrogens is 498 g/mol. The lowest BCUT2D eigenvalue weighted by molar-refractivity contribution is -0.689. The van der Waals surface area contributed by atoms with Gasteiger partial charge in [-0.3, -0.25) is 14.5 Å². The molecule has 0 saturated carbocycles. The molecule has 35 heavy (non-hydrogen) atoms. The van der Waals surface area contributed by atoms with Crippen molar-refractivity contribution < 1.29 is 33.6 Å². The highest BCUT2D eigenvalue weighted by Crippen LogP contribution is 2.40. The number of nitrogen functional groups attached to an aromatic ring is 1. The van der Waals surface area contributed by atoms with Crippen molar-refractivity contribution in [2.24, 2.45) is 5.16 Å². The van der Waals surface area contributed by atoms with E-state index < -0.39 is 29.2 Å². The molecule has 2 amide bonds. The Bertz CT molecular complexity index is 1260. The number of nitrogens with two attached hydrogens (primary N) is 1. The molecule has 4 rings (SSSR count). The van der Waals surface area contributed by atoms with Crippen LogP contribution in [-0.2, 0) is 25.8 Å². The average Bonchev–Trinajstić information content (AvgIpc) is 3.26. The number of aliphatic carboxylic acids is 1. The zero-order valence-electron chi connectivity index (χ0n) is 18.9. The summed E-state index contributed by atoms with van der Waals surface area (Å²) in [5.74, 6) is -1.81. The Morgan fingerprint density at radius 2 is 2.20 bits per heavy atom. The quantitative estimate of drug-likeness (QED) is 0.175. The van der Waals surface area contributed by atoms with E-state index in [4.69, 9.17) is 15.3 Å². The number of carboxylic acids is 1. The number of ether oxygens (including phenoxy) is 1. The summed E-state index contributed by atoms with van der Waals surface area (Å²) in [6.45, 7) is 2.12. The van der Waals surface area contributed by atoms with Gasteiger partial charge in [0.2, 0.25) is 11.5 Å². The number of methoxy groups -OCH3 is 1. The molecule has 15 heteroatoms. The fraction of sp³-hybridized carbons (Fsp3) is 0.350. The van der Waals surface area contributed by atoms with Crippen LogP contribution in [0.2, 0.25) is 0 Å². The number of aromatic nitrogens is 3. The molecule has 2 aromatic rings. The Kier molecular flexibility index (Phi) is 6.88. The van der Waals surface area contributed by atoms with Gasteiger partial charge in [0.25, 0.3) is 11.8 Å². The number of aryl methyl sites for hydroxylation is 1. The first-order valence-corrected chi connectivity index (χ1v) is 12.0. The number of hydrogen-bond acceptors (Lipinski definition) is 12. The number of rotatable bonds is 8. The molecule has 1 saturated heterocycles. The van der Waals surface area contributed by atoms with Crippen LogP contribution < -0.4 is 25.5 Å². The third kappa shape index (κ3) is 4.64. The Balaban J connectivity index is 1.53. The van der Waals surface area contributed by atoms with Crippen LogP contribution in [0.5, 0.6) is 5.75 Å². The molecule has 1 fully saturated rings. The van der Waals surface area contributed by atoms with Crippen LogP contribution in [0, 0.1) is 6.92 Å². The van der Waals surface area contributed by atoms with E-state index in [0.29, 0.717) is 17.1 Å². The zero-order chi connectivity index (χ0) is 25.3. The third-order valence-corrected chi connectivity index (χ3v) is 7.22. The maximum atomic E-state index is 12.9. The van der Waals surface area contributed by atoms with Crippen LogP contribution in [0.15, 0.2) is 34.9 Å². The van der Waals surface area contributed by atoms with Gasteiger partial charge in [-0.05, 0) is 6.92 Å². The van der Waals surface area contributed by atoms with Crippen molar-refractivity contribution >= 4 is 51.9 Å². The number of hydrogen-bond donors (Lipinski definition) is 2. The van der Waals surface area contributed by atoms with Crippen molar-refractivity contribution in [2.75, 3.05) is 25.7 Å². The molecule has 3 N–H and O–H groups in total. The summed E-state index contributed by atoms with van der Waals surface area (Å²) in [5, 5.41) is 17.7. The topological polar surface area (TPSA) is 176 Å². The Labute approximate surface area is 207 Å². The van der Waals surface area contributed by atoms with E-state index >= 15 is 0 Å². The third-order valence-electron chi connectivity index (χ3n) is 5.34. The van der Waals surface area contributed by atoms with E-state index in [9.17, 15) is 19.5 Å². The lowest BCUT2D eigenvalue weighted by atomic mass is 10.0. The van der Waals surface area contributed by atoms with Crippen molar-refractivity contribution in [1.82, 2.24) is 19.6 Å². The molecule has 0 radical (unpaired) electrons. The molecule has 13 nitrogen and oxygen atoms in total. The van der Waals surface area contributed by atoms with Crippen LogP contribution in [0.1, 0.15) is 11.4 Å². The van der Waals surface area contributed by atoms with Gasteiger partial charge in [-0.2, -0.15) is 9.36 Å². The fourth-order valence-corrected chi connectivity index (χ4v) is 5.58. The van der Waals surface area contributed by atoms with E-state index in [1.165, 1.54) is 18.9 Å². The zero-order valence-corrected chi connectivity index (χ0v) is 20.5. The van der Waals surface area contributed by atoms with E-state index in [1.54, 1.807) is 23.9 Å². The molecule has 4 heterocycles. The second kappa shape index (κ2) is 9.87. The molecular formula is C20H21N7O6S2. The highest BCUT2D eigenvalue weighted by atomic mass is 32.2. The number of anilines is 1. The minimum absolute atomic E-state index is 0.0452. The van der Waals surface area contributed by atoms with Crippen molar-refractivity contribution in [2.45, 2.75) is 24.9 Å². The highest BCUT2D eigenvalue weighted by Gasteiger charge is 2.53. The largest absolute Gasteiger partial charge is 0.543 e. The maximum absolute atomic E-state index is 12.9. The van der Waals surface area contributed by atoms with Crippen LogP contribution >= 0.6 is 23.3 Å². The van der Waals surface area contributed by atoms with Crippen LogP contribution in [-0.4, -0.2) is 69.1 Å². The lowest BCUT2D eigenvalue weighted by Gasteiger charge is -2.50. The number of carboxylic acid groups (broad SMARTS) is 1. The monoisotopic (exact) mass is 519 g/mol. The number of nitrogens with zero attached hydrogens (tertiary/aromatic N) is 5. The van der Waals surface area contributed by atoms with Crippen molar-refractivity contribution in [3.8, 4) is 5.75 Å². The molecule has 0 aromatic carbocycles. The average molecular weight is 520 g/mol. The molecule has 0 aliphatic carbocycles. The summed E-state index contributed by atoms with van der Waals surface area (Å²) in [6.07, 6.45) is 3.59. The Morgan fingerprint density at radius 3 is 2.80 bits per heavy atom. The van der Waals surface area contributed by atoms with Crippen molar-refractivity contribution in [1.29, 1.82) is 0 Å². The van der Waals surface area contributed by atoms with E-state index in [2.05, 4.69) is 19.8 Å². The molecule has 2 atom stereocenters. The van der Waals surface area contributed by atoms with Gasteiger partial charge in [0.15, 0.2) is 24.1 Å².